The number of nitrogens with two attached hydrogens (primary N) is 1. The van der Waals surface area contributed by atoms with Gasteiger partial charge in [0.2, 0.25) is 5.91 Å². The van der Waals surface area contributed by atoms with Crippen molar-refractivity contribution < 1.29 is 9.53 Å². The van der Waals surface area contributed by atoms with E-state index in [-0.39, 0.29) is 18.1 Å². The maximum Gasteiger partial charge on any atom is 0.225 e. The van der Waals surface area contributed by atoms with E-state index in [0.717, 1.165) is 39.0 Å². The van der Waals surface area contributed by atoms with Gasteiger partial charge in [0.05, 0.1) is 12.5 Å². The summed E-state index contributed by atoms with van der Waals surface area (Å²) in [7, 11) is 0. The maximum absolute atomic E-state index is 11.8. The summed E-state index contributed by atoms with van der Waals surface area (Å²) in [6.45, 7) is 2.37. The Balaban J connectivity index is 1.76. The van der Waals surface area contributed by atoms with Crippen molar-refractivity contribution in [3.8, 4) is 0 Å². The largest absolute Gasteiger partial charge is 0.378 e. The van der Waals surface area contributed by atoms with Crippen LogP contribution in [0.3, 0.4) is 0 Å². The van der Waals surface area contributed by atoms with Gasteiger partial charge in [-0.25, -0.2) is 0 Å². The number of hydrogen-bond acceptors (Lipinski definition) is 3. The van der Waals surface area contributed by atoms with E-state index in [1.807, 2.05) is 4.90 Å². The summed E-state index contributed by atoms with van der Waals surface area (Å²) in [4.78, 5) is 13.7. The van der Waals surface area contributed by atoms with E-state index in [1.165, 1.54) is 6.42 Å². The van der Waals surface area contributed by atoms with Crippen LogP contribution in [0.1, 0.15) is 32.1 Å². The third-order valence-corrected chi connectivity index (χ3v) is 3.25. The van der Waals surface area contributed by atoms with Gasteiger partial charge in [0.1, 0.15) is 0 Å². The molecule has 2 fully saturated rings. The monoisotopic (exact) mass is 212 g/mol. The highest BCUT2D eigenvalue weighted by Gasteiger charge is 2.26. The molecule has 2 aliphatic heterocycles. The third-order valence-electron chi connectivity index (χ3n) is 3.25. The van der Waals surface area contributed by atoms with Crippen molar-refractivity contribution in [3.63, 3.8) is 0 Å². The zero-order chi connectivity index (χ0) is 10.7. The van der Waals surface area contributed by atoms with Crippen LogP contribution in [0.25, 0.3) is 0 Å². The van der Waals surface area contributed by atoms with Crippen molar-refractivity contribution in [3.05, 3.63) is 0 Å². The quantitative estimate of drug-likeness (QED) is 0.725. The predicted molar refractivity (Wildman–Crippen MR) is 57.4 cm³/mol. The molecular weight excluding hydrogens is 192 g/mol. The second-order valence-electron chi connectivity index (χ2n) is 4.58. The van der Waals surface area contributed by atoms with Crippen molar-refractivity contribution in [2.45, 2.75) is 44.2 Å². The number of rotatable bonds is 2. The third kappa shape index (κ3) is 2.92. The highest BCUT2D eigenvalue weighted by molar-refractivity contribution is 5.77. The predicted octanol–water partition coefficient (Wildman–Crippen LogP) is 0.505. The van der Waals surface area contributed by atoms with Crippen LogP contribution in [-0.4, -0.2) is 42.6 Å². The smallest absolute Gasteiger partial charge is 0.225 e. The highest BCUT2D eigenvalue weighted by atomic mass is 16.5. The molecule has 0 radical (unpaired) electrons. The minimum Gasteiger partial charge on any atom is -0.378 e. The fraction of sp³-hybridized carbons (Fsp3) is 0.909. The molecule has 2 atom stereocenters. The van der Waals surface area contributed by atoms with Crippen molar-refractivity contribution in [1.29, 1.82) is 0 Å². The van der Waals surface area contributed by atoms with E-state index in [4.69, 9.17) is 10.5 Å². The summed E-state index contributed by atoms with van der Waals surface area (Å²) in [5.74, 6) is 0.217. The number of ether oxygens (including phenoxy) is 1. The number of carbonyl (C=O) groups excluding carboxylic acids is 1. The summed E-state index contributed by atoms with van der Waals surface area (Å²) in [6.07, 6.45) is 5.01. The molecule has 0 aromatic carbocycles. The van der Waals surface area contributed by atoms with Gasteiger partial charge in [0.25, 0.3) is 0 Å². The Hall–Kier alpha value is -0.610. The average Bonchev–Trinajstić information content (AvgIpc) is 2.66. The topological polar surface area (TPSA) is 55.6 Å². The minimum atomic E-state index is 0.156. The zero-order valence-electron chi connectivity index (χ0n) is 9.15. The van der Waals surface area contributed by atoms with Gasteiger partial charge in [-0.05, 0) is 25.7 Å². The number of amides is 1. The second kappa shape index (κ2) is 4.94. The molecule has 4 heteroatoms. The number of carbonyl (C=O) groups is 1. The summed E-state index contributed by atoms with van der Waals surface area (Å²) in [5, 5.41) is 0. The van der Waals surface area contributed by atoms with Crippen molar-refractivity contribution in [2.24, 2.45) is 5.73 Å². The van der Waals surface area contributed by atoms with Crippen LogP contribution in [-0.2, 0) is 9.53 Å². The zero-order valence-corrected chi connectivity index (χ0v) is 9.15. The molecule has 2 N–H and O–H groups in total. The molecule has 2 heterocycles. The Morgan fingerprint density at radius 2 is 2.27 bits per heavy atom. The molecule has 15 heavy (non-hydrogen) atoms. The lowest BCUT2D eigenvalue weighted by Crippen LogP contribution is -2.35. The van der Waals surface area contributed by atoms with Gasteiger partial charge in [-0.3, -0.25) is 4.79 Å². The Morgan fingerprint density at radius 3 is 2.87 bits per heavy atom. The fourth-order valence-corrected chi connectivity index (χ4v) is 2.31. The van der Waals surface area contributed by atoms with Gasteiger partial charge < -0.3 is 15.4 Å². The lowest BCUT2D eigenvalue weighted by atomic mass is 10.1. The van der Waals surface area contributed by atoms with Crippen molar-refractivity contribution in [2.75, 3.05) is 19.7 Å². The Bertz CT molecular complexity index is 227. The van der Waals surface area contributed by atoms with Gasteiger partial charge in [0.15, 0.2) is 0 Å². The number of likely N-dealkylation sites (tertiary alicyclic amines) is 1. The van der Waals surface area contributed by atoms with Crippen LogP contribution in [0.2, 0.25) is 0 Å². The van der Waals surface area contributed by atoms with Crippen LogP contribution in [0.15, 0.2) is 0 Å². The van der Waals surface area contributed by atoms with Gasteiger partial charge in [-0.1, -0.05) is 0 Å². The van der Waals surface area contributed by atoms with Crippen molar-refractivity contribution in [1.82, 2.24) is 4.90 Å². The summed E-state index contributed by atoms with van der Waals surface area (Å²) >= 11 is 0. The molecule has 1 unspecified atom stereocenters. The first-order valence-electron chi connectivity index (χ1n) is 5.90. The normalized spacial score (nSPS) is 31.9. The van der Waals surface area contributed by atoms with Crippen LogP contribution in [0.5, 0.6) is 0 Å². The van der Waals surface area contributed by atoms with Gasteiger partial charge in [-0.15, -0.1) is 0 Å². The first kappa shape index (κ1) is 10.9. The Morgan fingerprint density at radius 1 is 1.40 bits per heavy atom. The standard InChI is InChI=1S/C11H20N2O2/c12-9-4-5-13(8-9)11(14)7-10-3-1-2-6-15-10/h9-10H,1-8,12H2/t9-,10?/m0/s1. The van der Waals surface area contributed by atoms with Crippen LogP contribution >= 0.6 is 0 Å². The molecule has 86 valence electrons. The molecule has 0 saturated carbocycles. The molecule has 0 aliphatic carbocycles. The average molecular weight is 212 g/mol. The first-order valence-corrected chi connectivity index (χ1v) is 5.90. The lowest BCUT2D eigenvalue weighted by Gasteiger charge is -2.24. The molecule has 2 aliphatic rings. The molecular formula is C11H20N2O2. The van der Waals surface area contributed by atoms with E-state index in [9.17, 15) is 4.79 Å². The maximum atomic E-state index is 11.8. The van der Waals surface area contributed by atoms with Gasteiger partial charge >= 0.3 is 0 Å². The minimum absolute atomic E-state index is 0.156. The summed E-state index contributed by atoms with van der Waals surface area (Å²) in [5.41, 5.74) is 5.77. The molecule has 2 rings (SSSR count). The van der Waals surface area contributed by atoms with E-state index in [1.54, 1.807) is 0 Å². The van der Waals surface area contributed by atoms with Gasteiger partial charge in [-0.2, -0.15) is 0 Å². The number of nitrogens with zero attached hydrogens (tertiary/aromatic N) is 1. The summed E-state index contributed by atoms with van der Waals surface area (Å²) < 4.78 is 5.56. The van der Waals surface area contributed by atoms with E-state index < -0.39 is 0 Å². The second-order valence-corrected chi connectivity index (χ2v) is 4.58. The molecule has 1 amide bonds. The molecule has 0 aromatic heterocycles. The van der Waals surface area contributed by atoms with E-state index >= 15 is 0 Å². The molecule has 0 aromatic rings. The molecule has 4 nitrogen and oxygen atoms in total. The van der Waals surface area contributed by atoms with Crippen LogP contribution < -0.4 is 5.73 Å². The molecule has 0 bridgehead atoms. The fourth-order valence-electron chi connectivity index (χ4n) is 2.31. The van der Waals surface area contributed by atoms with Crippen LogP contribution in [0.4, 0.5) is 0 Å². The van der Waals surface area contributed by atoms with Crippen LogP contribution in [0, 0.1) is 0 Å². The SMILES string of the molecule is N[C@H]1CCN(C(=O)CC2CCCCO2)C1. The highest BCUT2D eigenvalue weighted by Crippen LogP contribution is 2.18. The Labute approximate surface area is 90.8 Å². The summed E-state index contributed by atoms with van der Waals surface area (Å²) in [6, 6.07) is 0.182. The molecule has 0 spiro atoms. The van der Waals surface area contributed by atoms with Gasteiger partial charge in [0, 0.05) is 25.7 Å². The number of hydrogen-bond donors (Lipinski definition) is 1. The Kier molecular flexibility index (Phi) is 3.59. The molecule has 2 saturated heterocycles. The first-order chi connectivity index (χ1) is 7.25. The van der Waals surface area contributed by atoms with E-state index in [2.05, 4.69) is 0 Å². The van der Waals surface area contributed by atoms with E-state index in [0.29, 0.717) is 6.42 Å². The van der Waals surface area contributed by atoms with Crippen molar-refractivity contribution >= 4 is 5.91 Å². The lowest BCUT2D eigenvalue weighted by molar-refractivity contribution is -0.134.